The van der Waals surface area contributed by atoms with Crippen LogP contribution in [0, 0.1) is 0 Å². The Bertz CT molecular complexity index is 1260. The Morgan fingerprint density at radius 2 is 1.91 bits per heavy atom. The van der Waals surface area contributed by atoms with E-state index in [1.165, 1.54) is 13.2 Å². The predicted octanol–water partition coefficient (Wildman–Crippen LogP) is 2.33. The van der Waals surface area contributed by atoms with Crippen LogP contribution in [0.3, 0.4) is 0 Å². The number of carbonyl (C=O) groups excluding carboxylic acids is 3. The highest BCUT2D eigenvalue weighted by Gasteiger charge is 2.37. The third-order valence-electron chi connectivity index (χ3n) is 6.69. The SMILES string of the molecule is COC(=O)c1c(O)cccc1OCCCCNCC1(Cc2ccc(C(C)S(=O)NC=O)cc2)CCC(=O)N1.O=C(O)CF. The number of hydrogen-bond acceptors (Lipinski definition) is 9. The topological polar surface area (TPSA) is 180 Å². The second kappa shape index (κ2) is 17.8. The van der Waals surface area contributed by atoms with Crippen LogP contribution in [0.1, 0.15) is 59.3 Å². The number of phenols is 1. The summed E-state index contributed by atoms with van der Waals surface area (Å²) in [5.74, 6) is -1.94. The first kappa shape index (κ1) is 35.2. The minimum absolute atomic E-state index is 0.0143. The van der Waals surface area contributed by atoms with Gasteiger partial charge in [0, 0.05) is 13.0 Å². The molecule has 0 radical (unpaired) electrons. The zero-order valence-electron chi connectivity index (χ0n) is 24.1. The van der Waals surface area contributed by atoms with Crippen LogP contribution in [0.4, 0.5) is 4.39 Å². The smallest absolute Gasteiger partial charge is 0.345 e. The van der Waals surface area contributed by atoms with Gasteiger partial charge in [0.2, 0.25) is 12.3 Å². The molecule has 1 aliphatic heterocycles. The molecular weight excluding hydrogens is 585 g/mol. The molecule has 14 heteroatoms. The van der Waals surface area contributed by atoms with Crippen molar-refractivity contribution in [3.8, 4) is 11.5 Å². The fourth-order valence-corrected chi connectivity index (χ4v) is 5.18. The minimum atomic E-state index is -1.49. The fourth-order valence-electron chi connectivity index (χ4n) is 4.48. The Hall–Kier alpha value is -4.04. The number of methoxy groups -OCH3 is 1. The molecule has 0 aromatic heterocycles. The van der Waals surface area contributed by atoms with E-state index in [9.17, 15) is 28.1 Å². The Kier molecular flexibility index (Phi) is 14.6. The molecule has 12 nitrogen and oxygen atoms in total. The normalized spacial score (nSPS) is 17.0. The molecule has 2 aromatic carbocycles. The molecule has 0 aliphatic carbocycles. The molecule has 0 saturated carbocycles. The van der Waals surface area contributed by atoms with Gasteiger partial charge in [0.15, 0.2) is 6.67 Å². The van der Waals surface area contributed by atoms with Crippen molar-refractivity contribution < 1.29 is 47.5 Å². The van der Waals surface area contributed by atoms with Crippen LogP contribution in [-0.2, 0) is 36.5 Å². The number of carboxylic acids is 1. The number of aliphatic carboxylic acids is 1. The number of rotatable bonds is 16. The first-order valence-corrected chi connectivity index (χ1v) is 14.8. The van der Waals surface area contributed by atoms with Crippen molar-refractivity contribution in [3.05, 3.63) is 59.2 Å². The molecule has 236 valence electrons. The number of alkyl halides is 1. The van der Waals surface area contributed by atoms with Gasteiger partial charge in [0.05, 0.1) is 24.5 Å². The molecular formula is C29H38FN3O9S. The van der Waals surface area contributed by atoms with Gasteiger partial charge in [-0.3, -0.25) is 14.3 Å². The number of ether oxygens (including phenoxy) is 2. The average Bonchev–Trinajstić information content (AvgIpc) is 3.36. The largest absolute Gasteiger partial charge is 0.507 e. The summed E-state index contributed by atoms with van der Waals surface area (Å²) in [7, 11) is -0.241. The molecule has 43 heavy (non-hydrogen) atoms. The second-order valence-corrected chi connectivity index (χ2v) is 11.4. The lowest BCUT2D eigenvalue weighted by Crippen LogP contribution is -2.51. The second-order valence-electron chi connectivity index (χ2n) is 9.82. The van der Waals surface area contributed by atoms with Gasteiger partial charge >= 0.3 is 11.9 Å². The number of benzene rings is 2. The molecule has 2 aromatic rings. The monoisotopic (exact) mass is 623 g/mol. The number of esters is 1. The summed E-state index contributed by atoms with van der Waals surface area (Å²) < 4.78 is 35.2. The van der Waals surface area contributed by atoms with Crippen molar-refractivity contribution in [3.63, 3.8) is 0 Å². The van der Waals surface area contributed by atoms with Crippen molar-refractivity contribution in [1.29, 1.82) is 0 Å². The van der Waals surface area contributed by atoms with Gasteiger partial charge < -0.3 is 30.3 Å². The van der Waals surface area contributed by atoms with Gasteiger partial charge in [-0.05, 0) is 62.4 Å². The molecule has 3 unspecified atom stereocenters. The summed E-state index contributed by atoms with van der Waals surface area (Å²) >= 11 is 0. The minimum Gasteiger partial charge on any atom is -0.507 e. The summed E-state index contributed by atoms with van der Waals surface area (Å²) in [5, 5.41) is 23.6. The van der Waals surface area contributed by atoms with E-state index in [0.717, 1.165) is 36.9 Å². The highest BCUT2D eigenvalue weighted by atomic mass is 32.2. The lowest BCUT2D eigenvalue weighted by atomic mass is 9.88. The van der Waals surface area contributed by atoms with E-state index in [4.69, 9.17) is 19.4 Å². The Morgan fingerprint density at radius 3 is 2.49 bits per heavy atom. The standard InChI is InChI=1S/C27H35N3O7S.C2H3FO2/c1-19(38(35)29-18-31)21-10-8-20(9-11-21)16-27(13-12-24(33)30-27)17-28-14-3-4-15-37-23-7-5-6-22(32)25(23)26(34)36-2;3-1-2(4)5/h5-11,18-19,28,32H,3-4,12-17H2,1-2H3,(H,29,31)(H,30,33);1H2,(H,4,5). The van der Waals surface area contributed by atoms with Crippen LogP contribution in [0.2, 0.25) is 0 Å². The predicted molar refractivity (Wildman–Crippen MR) is 157 cm³/mol. The molecule has 3 rings (SSSR count). The molecule has 1 aliphatic rings. The quantitative estimate of drug-likeness (QED) is 0.106. The van der Waals surface area contributed by atoms with Gasteiger partial charge in [-0.15, -0.1) is 0 Å². The van der Waals surface area contributed by atoms with Crippen LogP contribution in [-0.4, -0.2) is 77.7 Å². The molecule has 1 heterocycles. The van der Waals surface area contributed by atoms with Crippen molar-refractivity contribution >= 4 is 35.2 Å². The van der Waals surface area contributed by atoms with Crippen LogP contribution < -0.4 is 20.1 Å². The lowest BCUT2D eigenvalue weighted by molar-refractivity contribution is -0.138. The summed E-state index contributed by atoms with van der Waals surface area (Å²) in [6, 6.07) is 12.4. The average molecular weight is 624 g/mol. The number of carboxylic acid groups (broad SMARTS) is 1. The molecule has 1 fully saturated rings. The molecule has 1 saturated heterocycles. The zero-order chi connectivity index (χ0) is 31.8. The third kappa shape index (κ3) is 11.3. The van der Waals surface area contributed by atoms with Gasteiger partial charge in [0.25, 0.3) is 0 Å². The van der Waals surface area contributed by atoms with Crippen molar-refractivity contribution in [1.82, 2.24) is 15.4 Å². The number of unbranched alkanes of at least 4 members (excludes halogenated alkanes) is 1. The van der Waals surface area contributed by atoms with Crippen molar-refractivity contribution in [2.75, 3.05) is 33.5 Å². The summed E-state index contributed by atoms with van der Waals surface area (Å²) in [5.41, 5.74) is 1.54. The van der Waals surface area contributed by atoms with Gasteiger partial charge in [0.1, 0.15) is 28.0 Å². The van der Waals surface area contributed by atoms with Crippen LogP contribution in [0.5, 0.6) is 11.5 Å². The first-order valence-electron chi connectivity index (χ1n) is 13.6. The Balaban J connectivity index is 0.00000119. The summed E-state index contributed by atoms with van der Waals surface area (Å²) in [4.78, 5) is 43.5. The van der Waals surface area contributed by atoms with Gasteiger partial charge in [-0.2, -0.15) is 0 Å². The Morgan fingerprint density at radius 1 is 1.21 bits per heavy atom. The van der Waals surface area contributed by atoms with E-state index in [-0.39, 0.29) is 33.8 Å². The molecule has 0 bridgehead atoms. The lowest BCUT2D eigenvalue weighted by Gasteiger charge is -2.30. The van der Waals surface area contributed by atoms with Gasteiger partial charge in [-0.1, -0.05) is 30.3 Å². The van der Waals surface area contributed by atoms with Crippen molar-refractivity contribution in [2.24, 2.45) is 0 Å². The van der Waals surface area contributed by atoms with Crippen LogP contribution in [0.25, 0.3) is 0 Å². The van der Waals surface area contributed by atoms with E-state index < -0.39 is 29.6 Å². The number of phenolic OH excluding ortho intramolecular Hbond substituents is 1. The van der Waals surface area contributed by atoms with E-state index >= 15 is 0 Å². The summed E-state index contributed by atoms with van der Waals surface area (Å²) in [6.45, 7) is 2.22. The third-order valence-corrected chi connectivity index (χ3v) is 7.93. The Labute approximate surface area is 251 Å². The number of aromatic hydroxyl groups is 1. The maximum Gasteiger partial charge on any atom is 0.345 e. The number of halogens is 1. The number of hydrogen-bond donors (Lipinski definition) is 5. The van der Waals surface area contributed by atoms with Crippen molar-refractivity contribution in [2.45, 2.75) is 49.8 Å². The van der Waals surface area contributed by atoms with Gasteiger partial charge in [-0.25, -0.2) is 18.2 Å². The zero-order valence-corrected chi connectivity index (χ0v) is 24.9. The fraction of sp³-hybridized carbons (Fsp3) is 0.448. The molecule has 3 atom stereocenters. The maximum atomic E-state index is 12.1. The van der Waals surface area contributed by atoms with E-state index in [1.807, 2.05) is 24.3 Å². The molecule has 5 N–H and O–H groups in total. The van der Waals surface area contributed by atoms with Crippen LogP contribution in [0.15, 0.2) is 42.5 Å². The highest BCUT2D eigenvalue weighted by molar-refractivity contribution is 7.83. The molecule has 0 spiro atoms. The molecule has 2 amide bonds. The van der Waals surface area contributed by atoms with Crippen LogP contribution >= 0.6 is 0 Å². The number of nitrogens with one attached hydrogen (secondary N) is 3. The number of amides is 2. The van der Waals surface area contributed by atoms with E-state index in [1.54, 1.807) is 19.1 Å². The summed E-state index contributed by atoms with van der Waals surface area (Å²) in [6.07, 6.45) is 3.84. The van der Waals surface area contributed by atoms with E-state index in [2.05, 4.69) is 15.4 Å². The number of carbonyl (C=O) groups is 4. The van der Waals surface area contributed by atoms with E-state index in [0.29, 0.717) is 32.4 Å². The first-order chi connectivity index (χ1) is 20.6. The highest BCUT2D eigenvalue weighted by Crippen LogP contribution is 2.29. The maximum absolute atomic E-state index is 12.1.